The minimum Gasteiger partial charge on any atom is -0.393 e. The molecule has 0 unspecified atom stereocenters. The molecule has 2 rings (SSSR count). The number of amides is 1. The van der Waals surface area contributed by atoms with Crippen molar-refractivity contribution in [2.45, 2.75) is 13.0 Å². The zero-order chi connectivity index (χ0) is 15.2. The summed E-state index contributed by atoms with van der Waals surface area (Å²) in [4.78, 5) is 18.6. The second kappa shape index (κ2) is 6.99. The fourth-order valence-corrected chi connectivity index (χ4v) is 2.04. The molecule has 0 saturated carbocycles. The molecule has 0 aliphatic carbocycles. The number of aromatic nitrogens is 2. The monoisotopic (exact) mass is 302 g/mol. The average Bonchev–Trinajstić information content (AvgIpc) is 2.93. The second-order valence-corrected chi connectivity index (χ2v) is 5.30. The fraction of sp³-hybridized carbons (Fsp3) is 0.267. The van der Waals surface area contributed by atoms with E-state index < -0.39 is 0 Å². The van der Waals surface area contributed by atoms with Gasteiger partial charge in [0.2, 0.25) is 5.91 Å². The Morgan fingerprint density at radius 1 is 1.38 bits per heavy atom. The zero-order valence-corrected chi connectivity index (χ0v) is 12.7. The largest absolute Gasteiger partial charge is 0.393 e. The highest BCUT2D eigenvalue weighted by atomic mass is 32.1. The first-order valence-electron chi connectivity index (χ1n) is 6.66. The molecule has 1 amide bonds. The molecule has 0 spiro atoms. The van der Waals surface area contributed by atoms with Crippen LogP contribution < -0.4 is 5.73 Å². The summed E-state index contributed by atoms with van der Waals surface area (Å²) in [5, 5.41) is 0. The maximum absolute atomic E-state index is 12.2. The lowest BCUT2D eigenvalue weighted by atomic mass is 10.2. The van der Waals surface area contributed by atoms with Gasteiger partial charge in [-0.25, -0.2) is 4.98 Å². The molecule has 1 aromatic carbocycles. The van der Waals surface area contributed by atoms with Gasteiger partial charge in [0, 0.05) is 38.0 Å². The highest BCUT2D eigenvalue weighted by Crippen LogP contribution is 2.16. The zero-order valence-electron chi connectivity index (χ0n) is 11.9. The number of hydrogen-bond acceptors (Lipinski definition) is 3. The molecule has 0 atom stereocenters. The lowest BCUT2D eigenvalue weighted by Gasteiger charge is -2.17. The van der Waals surface area contributed by atoms with E-state index in [2.05, 4.69) is 4.98 Å². The number of carbonyl (C=O) groups is 1. The molecule has 0 fully saturated rings. The van der Waals surface area contributed by atoms with Gasteiger partial charge in [0.25, 0.3) is 0 Å². The highest BCUT2D eigenvalue weighted by molar-refractivity contribution is 7.80. The van der Waals surface area contributed by atoms with E-state index in [-0.39, 0.29) is 12.5 Å². The van der Waals surface area contributed by atoms with E-state index >= 15 is 0 Å². The van der Waals surface area contributed by atoms with Crippen LogP contribution in [-0.4, -0.2) is 38.9 Å². The Kier molecular flexibility index (Phi) is 5.05. The van der Waals surface area contributed by atoms with E-state index in [1.165, 1.54) is 0 Å². The van der Waals surface area contributed by atoms with Crippen molar-refractivity contribution >= 4 is 23.1 Å². The van der Waals surface area contributed by atoms with Crippen LogP contribution in [0.5, 0.6) is 0 Å². The number of benzene rings is 1. The van der Waals surface area contributed by atoms with E-state index in [1.54, 1.807) is 18.1 Å². The summed E-state index contributed by atoms with van der Waals surface area (Å²) in [6.45, 7) is 0.779. The van der Waals surface area contributed by atoms with Gasteiger partial charge in [-0.3, -0.25) is 4.79 Å². The molecule has 0 saturated heterocycles. The van der Waals surface area contributed by atoms with Gasteiger partial charge in [-0.1, -0.05) is 42.5 Å². The first-order chi connectivity index (χ1) is 10.1. The Morgan fingerprint density at radius 3 is 2.76 bits per heavy atom. The number of nitrogens with two attached hydrogens (primary N) is 1. The Bertz CT molecular complexity index is 624. The second-order valence-electron chi connectivity index (χ2n) is 4.78. The molecule has 6 heteroatoms. The summed E-state index contributed by atoms with van der Waals surface area (Å²) < 4.78 is 1.84. The molecular weight excluding hydrogens is 284 g/mol. The number of rotatable bonds is 6. The van der Waals surface area contributed by atoms with E-state index in [0.29, 0.717) is 18.0 Å². The first kappa shape index (κ1) is 15.2. The quantitative estimate of drug-likeness (QED) is 0.825. The maximum Gasteiger partial charge on any atom is 0.242 e. The molecule has 2 aromatic rings. The number of likely N-dealkylation sites (N-methyl/N-ethyl adjacent to an activating group) is 1. The van der Waals surface area contributed by atoms with E-state index in [0.717, 1.165) is 11.4 Å². The van der Waals surface area contributed by atoms with Crippen LogP contribution in [0.15, 0.2) is 42.7 Å². The van der Waals surface area contributed by atoms with Crippen molar-refractivity contribution in [3.63, 3.8) is 0 Å². The number of thiocarbonyl (C=S) groups is 1. The molecule has 0 bridgehead atoms. The van der Waals surface area contributed by atoms with Crippen LogP contribution in [0, 0.1) is 0 Å². The molecule has 110 valence electrons. The Morgan fingerprint density at radius 2 is 2.10 bits per heavy atom. The Hall–Kier alpha value is -2.21. The minimum absolute atomic E-state index is 0.00133. The Balaban J connectivity index is 2.05. The van der Waals surface area contributed by atoms with Crippen molar-refractivity contribution in [1.82, 2.24) is 14.5 Å². The lowest BCUT2D eigenvalue weighted by molar-refractivity contribution is -0.130. The first-order valence-corrected chi connectivity index (χ1v) is 7.07. The lowest BCUT2D eigenvalue weighted by Crippen LogP contribution is -2.32. The molecular formula is C15H18N4OS. The standard InChI is InChI=1S/C15H18N4OS/c1-18(9-7-13(16)21)14(20)11-19-10-8-17-15(19)12-5-3-2-4-6-12/h2-6,8,10H,7,9,11H2,1H3,(H2,16,21). The molecule has 1 heterocycles. The van der Waals surface area contributed by atoms with Crippen LogP contribution in [-0.2, 0) is 11.3 Å². The van der Waals surface area contributed by atoms with Crippen LogP contribution >= 0.6 is 12.2 Å². The molecule has 5 nitrogen and oxygen atoms in total. The topological polar surface area (TPSA) is 64.2 Å². The van der Waals surface area contributed by atoms with Gasteiger partial charge in [-0.05, 0) is 0 Å². The van der Waals surface area contributed by atoms with Crippen molar-refractivity contribution < 1.29 is 4.79 Å². The third-order valence-corrected chi connectivity index (χ3v) is 3.38. The van der Waals surface area contributed by atoms with E-state index in [4.69, 9.17) is 18.0 Å². The van der Waals surface area contributed by atoms with Crippen molar-refractivity contribution in [3.8, 4) is 11.4 Å². The summed E-state index contributed by atoms with van der Waals surface area (Å²) in [5.41, 5.74) is 6.44. The Labute approximate surface area is 129 Å². The minimum atomic E-state index is 0.00133. The normalized spacial score (nSPS) is 10.3. The molecule has 0 aliphatic heterocycles. The van der Waals surface area contributed by atoms with Gasteiger partial charge in [0.05, 0.1) is 4.99 Å². The van der Waals surface area contributed by atoms with Gasteiger partial charge < -0.3 is 15.2 Å². The SMILES string of the molecule is CN(CCC(N)=S)C(=O)Cn1ccnc1-c1ccccc1. The average molecular weight is 302 g/mol. The van der Waals surface area contributed by atoms with Gasteiger partial charge in [-0.2, -0.15) is 0 Å². The number of imidazole rings is 1. The maximum atomic E-state index is 12.2. The van der Waals surface area contributed by atoms with Crippen molar-refractivity contribution in [3.05, 3.63) is 42.7 Å². The smallest absolute Gasteiger partial charge is 0.242 e. The van der Waals surface area contributed by atoms with Gasteiger partial charge in [0.1, 0.15) is 12.4 Å². The van der Waals surface area contributed by atoms with Crippen LogP contribution in [0.4, 0.5) is 0 Å². The number of nitrogens with zero attached hydrogens (tertiary/aromatic N) is 3. The van der Waals surface area contributed by atoms with Crippen LogP contribution in [0.3, 0.4) is 0 Å². The van der Waals surface area contributed by atoms with Gasteiger partial charge in [-0.15, -0.1) is 0 Å². The number of hydrogen-bond donors (Lipinski definition) is 1. The summed E-state index contributed by atoms with van der Waals surface area (Å²) >= 11 is 4.83. The molecule has 0 aliphatic rings. The molecule has 21 heavy (non-hydrogen) atoms. The van der Waals surface area contributed by atoms with Crippen LogP contribution in [0.25, 0.3) is 11.4 Å². The third kappa shape index (κ3) is 4.13. The summed E-state index contributed by atoms with van der Waals surface area (Å²) in [7, 11) is 1.75. The molecule has 0 radical (unpaired) electrons. The summed E-state index contributed by atoms with van der Waals surface area (Å²) in [6.07, 6.45) is 4.04. The molecule has 2 N–H and O–H groups in total. The predicted octanol–water partition coefficient (Wildman–Crippen LogP) is 1.68. The predicted molar refractivity (Wildman–Crippen MR) is 86.7 cm³/mol. The molecule has 1 aromatic heterocycles. The van der Waals surface area contributed by atoms with Gasteiger partial charge >= 0.3 is 0 Å². The van der Waals surface area contributed by atoms with Crippen molar-refractivity contribution in [2.75, 3.05) is 13.6 Å². The van der Waals surface area contributed by atoms with E-state index in [9.17, 15) is 4.79 Å². The summed E-state index contributed by atoms with van der Waals surface area (Å²) in [5.74, 6) is 0.785. The van der Waals surface area contributed by atoms with Crippen molar-refractivity contribution in [2.24, 2.45) is 5.73 Å². The third-order valence-electron chi connectivity index (χ3n) is 3.17. The van der Waals surface area contributed by atoms with Crippen LogP contribution in [0.2, 0.25) is 0 Å². The fourth-order valence-electron chi connectivity index (χ4n) is 1.95. The summed E-state index contributed by atoms with van der Waals surface area (Å²) in [6, 6.07) is 9.79. The van der Waals surface area contributed by atoms with E-state index in [1.807, 2.05) is 41.1 Å². The van der Waals surface area contributed by atoms with Crippen molar-refractivity contribution in [1.29, 1.82) is 0 Å². The number of carbonyl (C=O) groups excluding carboxylic acids is 1. The van der Waals surface area contributed by atoms with Gasteiger partial charge in [0.15, 0.2) is 0 Å². The highest BCUT2D eigenvalue weighted by Gasteiger charge is 2.13. The van der Waals surface area contributed by atoms with Crippen LogP contribution in [0.1, 0.15) is 6.42 Å².